The Morgan fingerprint density at radius 1 is 1.18 bits per heavy atom. The molecule has 1 aromatic carbocycles. The van der Waals surface area contributed by atoms with E-state index in [-0.39, 0.29) is 11.1 Å². The normalized spacial score (nSPS) is 11.6. The van der Waals surface area contributed by atoms with Crippen LogP contribution in [0.2, 0.25) is 19.6 Å². The molecular formula is C14H16F2Si. The first-order chi connectivity index (χ1) is 7.73. The van der Waals surface area contributed by atoms with Crippen molar-refractivity contribution in [2.24, 2.45) is 0 Å². The highest BCUT2D eigenvalue weighted by Gasteiger charge is 2.34. The van der Waals surface area contributed by atoms with E-state index in [1.54, 1.807) is 18.2 Å². The van der Waals surface area contributed by atoms with Gasteiger partial charge < -0.3 is 0 Å². The van der Waals surface area contributed by atoms with Crippen LogP contribution in [0.4, 0.5) is 8.78 Å². The summed E-state index contributed by atoms with van der Waals surface area (Å²) in [5.41, 5.74) is 2.52. The Hall–Kier alpha value is -1.40. The molecule has 0 aliphatic rings. The molecular weight excluding hydrogens is 234 g/mol. The third-order valence-corrected chi connectivity index (χ3v) is 2.98. The van der Waals surface area contributed by atoms with Crippen molar-refractivity contribution in [3.63, 3.8) is 0 Å². The minimum atomic E-state index is -3.08. The fourth-order valence-electron chi connectivity index (χ4n) is 1.16. The third-order valence-electron chi connectivity index (χ3n) is 2.10. The zero-order valence-corrected chi connectivity index (χ0v) is 11.3. The number of benzene rings is 1. The standard InChI is InChI=1S/C14H16F2Si/c1-12(10-11-17(2,3)4)14(15,16)13-8-6-5-7-9-13/h5-9H,1H2,2-4H3. The van der Waals surface area contributed by atoms with Gasteiger partial charge in [0.1, 0.15) is 8.07 Å². The summed E-state index contributed by atoms with van der Waals surface area (Å²) in [5.74, 6) is -0.547. The molecule has 0 spiro atoms. The van der Waals surface area contributed by atoms with Gasteiger partial charge >= 0.3 is 5.92 Å². The fraction of sp³-hybridized carbons (Fsp3) is 0.286. The predicted octanol–water partition coefficient (Wildman–Crippen LogP) is 4.22. The molecule has 90 valence electrons. The van der Waals surface area contributed by atoms with Crippen molar-refractivity contribution in [1.82, 2.24) is 0 Å². The SMILES string of the molecule is C=C(C#C[Si](C)(C)C)C(F)(F)c1ccccc1. The molecule has 0 unspecified atom stereocenters. The number of allylic oxidation sites excluding steroid dienone is 1. The Morgan fingerprint density at radius 3 is 2.18 bits per heavy atom. The minimum Gasteiger partial charge on any atom is -0.195 e. The summed E-state index contributed by atoms with van der Waals surface area (Å²) < 4.78 is 27.9. The van der Waals surface area contributed by atoms with Gasteiger partial charge in [0.05, 0.1) is 5.57 Å². The maximum absolute atomic E-state index is 13.9. The molecule has 0 nitrogen and oxygen atoms in total. The van der Waals surface area contributed by atoms with E-state index in [0.29, 0.717) is 0 Å². The number of halogens is 2. The van der Waals surface area contributed by atoms with Gasteiger partial charge in [-0.3, -0.25) is 0 Å². The van der Waals surface area contributed by atoms with Gasteiger partial charge in [0.25, 0.3) is 0 Å². The summed E-state index contributed by atoms with van der Waals surface area (Å²) in [7, 11) is -1.66. The molecule has 0 saturated carbocycles. The first-order valence-electron chi connectivity index (χ1n) is 5.39. The van der Waals surface area contributed by atoms with Crippen LogP contribution < -0.4 is 0 Å². The van der Waals surface area contributed by atoms with Crippen molar-refractivity contribution >= 4 is 8.07 Å². The highest BCUT2D eigenvalue weighted by atomic mass is 28.3. The highest BCUT2D eigenvalue weighted by Crippen LogP contribution is 2.34. The van der Waals surface area contributed by atoms with Crippen molar-refractivity contribution in [3.05, 3.63) is 48.0 Å². The Labute approximate surface area is 102 Å². The van der Waals surface area contributed by atoms with Crippen molar-refractivity contribution in [1.29, 1.82) is 0 Å². The van der Waals surface area contributed by atoms with Crippen molar-refractivity contribution in [2.75, 3.05) is 0 Å². The molecule has 0 fully saturated rings. The van der Waals surface area contributed by atoms with Gasteiger partial charge in [0.15, 0.2) is 0 Å². The van der Waals surface area contributed by atoms with Crippen LogP contribution in [0.5, 0.6) is 0 Å². The Bertz CT molecular complexity index is 458. The Kier molecular flexibility index (Phi) is 3.89. The van der Waals surface area contributed by atoms with Crippen LogP contribution in [0, 0.1) is 11.5 Å². The summed E-state index contributed by atoms with van der Waals surface area (Å²) in [6.07, 6.45) is 0. The van der Waals surface area contributed by atoms with Crippen molar-refractivity contribution in [2.45, 2.75) is 25.6 Å². The fourth-order valence-corrected chi connectivity index (χ4v) is 1.69. The number of alkyl halides is 2. The van der Waals surface area contributed by atoms with Gasteiger partial charge in [-0.1, -0.05) is 62.5 Å². The second-order valence-electron chi connectivity index (χ2n) is 4.92. The molecule has 0 N–H and O–H groups in total. The number of hydrogen-bond acceptors (Lipinski definition) is 0. The molecule has 1 aromatic rings. The molecule has 0 aliphatic carbocycles. The highest BCUT2D eigenvalue weighted by molar-refractivity contribution is 6.83. The van der Waals surface area contributed by atoms with Gasteiger partial charge in [-0.25, -0.2) is 0 Å². The van der Waals surface area contributed by atoms with Crippen LogP contribution in [0.15, 0.2) is 42.5 Å². The summed E-state index contributed by atoms with van der Waals surface area (Å²) >= 11 is 0. The van der Waals surface area contributed by atoms with E-state index in [9.17, 15) is 8.78 Å². The van der Waals surface area contributed by atoms with E-state index in [0.717, 1.165) is 0 Å². The summed E-state index contributed by atoms with van der Waals surface area (Å²) in [5, 5.41) is 0. The van der Waals surface area contributed by atoms with Gasteiger partial charge in [0.2, 0.25) is 0 Å². The first kappa shape index (κ1) is 13.7. The predicted molar refractivity (Wildman–Crippen MR) is 70.6 cm³/mol. The van der Waals surface area contributed by atoms with Crippen LogP contribution in [0.1, 0.15) is 5.56 Å². The van der Waals surface area contributed by atoms with Gasteiger partial charge in [0, 0.05) is 5.56 Å². The van der Waals surface area contributed by atoms with Gasteiger partial charge in [-0.2, -0.15) is 8.78 Å². The Balaban J connectivity index is 2.99. The molecule has 0 aliphatic heterocycles. The molecule has 0 aromatic heterocycles. The van der Waals surface area contributed by atoms with Gasteiger partial charge in [-0.15, -0.1) is 5.54 Å². The minimum absolute atomic E-state index is 0.0603. The summed E-state index contributed by atoms with van der Waals surface area (Å²) in [6.45, 7) is 9.43. The lowest BCUT2D eigenvalue weighted by Crippen LogP contribution is -2.19. The van der Waals surface area contributed by atoms with E-state index in [4.69, 9.17) is 0 Å². The molecule has 0 heterocycles. The van der Waals surface area contributed by atoms with Crippen LogP contribution in [0.3, 0.4) is 0 Å². The van der Waals surface area contributed by atoms with Crippen LogP contribution >= 0.6 is 0 Å². The lowest BCUT2D eigenvalue weighted by atomic mass is 10.0. The average Bonchev–Trinajstić information content (AvgIpc) is 2.26. The average molecular weight is 250 g/mol. The van der Waals surface area contributed by atoms with E-state index in [1.807, 2.05) is 19.6 Å². The van der Waals surface area contributed by atoms with Crippen LogP contribution in [-0.2, 0) is 5.92 Å². The second-order valence-corrected chi connectivity index (χ2v) is 9.67. The lowest BCUT2D eigenvalue weighted by Gasteiger charge is -2.16. The molecule has 1 rings (SSSR count). The lowest BCUT2D eigenvalue weighted by molar-refractivity contribution is 0.0438. The molecule has 0 saturated heterocycles. The molecule has 0 atom stereocenters. The maximum atomic E-state index is 13.9. The zero-order chi connectivity index (χ0) is 13.1. The first-order valence-corrected chi connectivity index (χ1v) is 8.89. The van der Waals surface area contributed by atoms with E-state index < -0.39 is 14.0 Å². The zero-order valence-electron chi connectivity index (χ0n) is 10.3. The van der Waals surface area contributed by atoms with Crippen LogP contribution in [-0.4, -0.2) is 8.07 Å². The quantitative estimate of drug-likeness (QED) is 0.544. The van der Waals surface area contributed by atoms with Crippen molar-refractivity contribution < 1.29 is 8.78 Å². The van der Waals surface area contributed by atoms with Crippen molar-refractivity contribution in [3.8, 4) is 11.5 Å². The van der Waals surface area contributed by atoms with E-state index in [1.165, 1.54) is 12.1 Å². The molecule has 3 heteroatoms. The monoisotopic (exact) mass is 250 g/mol. The molecule has 0 amide bonds. The topological polar surface area (TPSA) is 0 Å². The molecule has 0 bridgehead atoms. The second kappa shape index (κ2) is 4.85. The number of hydrogen-bond donors (Lipinski definition) is 0. The van der Waals surface area contributed by atoms with E-state index in [2.05, 4.69) is 18.0 Å². The van der Waals surface area contributed by atoms with Gasteiger partial charge in [-0.05, 0) is 0 Å². The summed E-state index contributed by atoms with van der Waals surface area (Å²) in [6, 6.07) is 7.66. The molecule has 0 radical (unpaired) electrons. The molecule has 17 heavy (non-hydrogen) atoms. The Morgan fingerprint density at radius 2 is 1.71 bits per heavy atom. The summed E-state index contributed by atoms with van der Waals surface area (Å²) in [4.78, 5) is 0. The largest absolute Gasteiger partial charge is 0.305 e. The smallest absolute Gasteiger partial charge is 0.195 e. The number of rotatable bonds is 2. The van der Waals surface area contributed by atoms with E-state index >= 15 is 0 Å². The van der Waals surface area contributed by atoms with Crippen LogP contribution in [0.25, 0.3) is 0 Å². The maximum Gasteiger partial charge on any atom is 0.305 e. The third kappa shape index (κ3) is 3.83.